The van der Waals surface area contributed by atoms with Crippen molar-refractivity contribution in [2.45, 2.75) is 26.4 Å². The largest absolute Gasteiger partial charge is 0.442 e. The zero-order valence-electron chi connectivity index (χ0n) is 14.4. The number of carbonyl (C=O) groups is 1. The molecule has 0 saturated carbocycles. The van der Waals surface area contributed by atoms with Crippen LogP contribution in [0.15, 0.2) is 65.7 Å². The van der Waals surface area contributed by atoms with E-state index < -0.39 is 11.7 Å². The first-order chi connectivity index (χ1) is 11.8. The summed E-state index contributed by atoms with van der Waals surface area (Å²) < 4.78 is 6.35. The SMILES string of the molecule is CC(C)(C)OC(=O)N=c1cccc2n(O)c(-c3ccccc3)ccc1-2. The molecule has 1 heterocycles. The summed E-state index contributed by atoms with van der Waals surface area (Å²) in [5.74, 6) is 0. The molecule has 0 fully saturated rings. The van der Waals surface area contributed by atoms with E-state index in [4.69, 9.17) is 4.74 Å². The van der Waals surface area contributed by atoms with Gasteiger partial charge in [-0.25, -0.2) is 4.79 Å². The van der Waals surface area contributed by atoms with Crippen LogP contribution in [0.5, 0.6) is 0 Å². The first-order valence-corrected chi connectivity index (χ1v) is 8.02. The Labute approximate surface area is 146 Å². The maximum Gasteiger partial charge on any atom is 0.434 e. The second-order valence-corrected chi connectivity index (χ2v) is 6.70. The number of benzene rings is 2. The zero-order chi connectivity index (χ0) is 18.0. The van der Waals surface area contributed by atoms with Crippen molar-refractivity contribution in [1.29, 1.82) is 0 Å². The van der Waals surface area contributed by atoms with Crippen LogP contribution in [0, 0.1) is 0 Å². The molecule has 0 saturated heterocycles. The topological polar surface area (TPSA) is 63.8 Å². The molecule has 0 atom stereocenters. The Bertz CT molecular complexity index is 937. The number of fused-ring (bicyclic) bond motifs is 1. The molecule has 1 aliphatic carbocycles. The molecular formula is C20H20N2O3. The van der Waals surface area contributed by atoms with Crippen molar-refractivity contribution in [3.8, 4) is 22.5 Å². The summed E-state index contributed by atoms with van der Waals surface area (Å²) in [5, 5.41) is 11.1. The zero-order valence-corrected chi connectivity index (χ0v) is 14.4. The maximum atomic E-state index is 12.0. The standard InChI is InChI=1S/C20H20N2O3/c1-20(2,3)25-19(23)21-16-10-7-11-18-15(16)12-13-17(22(18)24)14-8-5-4-6-9-14/h4-13,24H,1-3H3. The Morgan fingerprint density at radius 1 is 0.960 bits per heavy atom. The van der Waals surface area contributed by atoms with Crippen LogP contribution in [-0.4, -0.2) is 21.6 Å². The first kappa shape index (κ1) is 16.8. The molecule has 1 aromatic rings. The highest BCUT2D eigenvalue weighted by molar-refractivity contribution is 5.72. The second-order valence-electron chi connectivity index (χ2n) is 6.70. The summed E-state index contributed by atoms with van der Waals surface area (Å²) in [4.78, 5) is 16.0. The van der Waals surface area contributed by atoms with E-state index in [-0.39, 0.29) is 0 Å². The fourth-order valence-corrected chi connectivity index (χ4v) is 2.57. The third-order valence-corrected chi connectivity index (χ3v) is 3.60. The molecule has 0 radical (unpaired) electrons. The number of hydrogen-bond donors (Lipinski definition) is 1. The van der Waals surface area contributed by atoms with Gasteiger partial charge in [-0.15, -0.1) is 0 Å². The van der Waals surface area contributed by atoms with Crippen LogP contribution in [0.2, 0.25) is 0 Å². The highest BCUT2D eigenvalue weighted by atomic mass is 16.6. The number of ether oxygens (including phenoxy) is 1. The van der Waals surface area contributed by atoms with E-state index in [2.05, 4.69) is 4.99 Å². The Balaban J connectivity index is 2.10. The van der Waals surface area contributed by atoms with E-state index in [1.54, 1.807) is 45.0 Å². The maximum absolute atomic E-state index is 12.0. The van der Waals surface area contributed by atoms with Gasteiger partial charge in [0.15, 0.2) is 0 Å². The number of rotatable bonds is 1. The van der Waals surface area contributed by atoms with Gasteiger partial charge in [0.05, 0.1) is 16.7 Å². The fourth-order valence-electron chi connectivity index (χ4n) is 2.57. The number of carbonyl (C=O) groups excluding carboxylic acids is 1. The monoisotopic (exact) mass is 336 g/mol. The third-order valence-electron chi connectivity index (χ3n) is 3.60. The average molecular weight is 336 g/mol. The molecule has 1 aromatic carbocycles. The first-order valence-electron chi connectivity index (χ1n) is 8.02. The number of aromatic nitrogens is 1. The van der Waals surface area contributed by atoms with Crippen LogP contribution in [-0.2, 0) is 4.74 Å². The Hall–Kier alpha value is -3.08. The number of pyridine rings is 1. The third kappa shape index (κ3) is 3.71. The molecule has 1 amide bonds. The molecule has 25 heavy (non-hydrogen) atoms. The molecule has 0 bridgehead atoms. The lowest BCUT2D eigenvalue weighted by atomic mass is 10.1. The molecule has 128 valence electrons. The quantitative estimate of drug-likeness (QED) is 0.673. The van der Waals surface area contributed by atoms with Gasteiger partial charge >= 0.3 is 6.09 Å². The Morgan fingerprint density at radius 2 is 1.68 bits per heavy atom. The predicted molar refractivity (Wildman–Crippen MR) is 95.5 cm³/mol. The minimum atomic E-state index is -0.656. The van der Waals surface area contributed by atoms with Gasteiger partial charge in [-0.2, -0.15) is 9.72 Å². The molecular weight excluding hydrogens is 316 g/mol. The van der Waals surface area contributed by atoms with Gasteiger partial charge in [-0.1, -0.05) is 36.4 Å². The normalized spacial score (nSPS) is 12.4. The van der Waals surface area contributed by atoms with Gasteiger partial charge in [0.2, 0.25) is 0 Å². The summed E-state index contributed by atoms with van der Waals surface area (Å²) in [6.07, 6.45) is -0.656. The second kappa shape index (κ2) is 6.43. The highest BCUT2D eigenvalue weighted by Crippen LogP contribution is 2.25. The minimum Gasteiger partial charge on any atom is -0.442 e. The lowest BCUT2D eigenvalue weighted by Gasteiger charge is -2.18. The van der Waals surface area contributed by atoms with Crippen molar-refractivity contribution in [3.63, 3.8) is 0 Å². The van der Waals surface area contributed by atoms with E-state index in [1.165, 1.54) is 0 Å². The predicted octanol–water partition coefficient (Wildman–Crippen LogP) is 4.33. The summed E-state index contributed by atoms with van der Waals surface area (Å²) in [6, 6.07) is 18.5. The van der Waals surface area contributed by atoms with Crippen LogP contribution < -0.4 is 5.36 Å². The van der Waals surface area contributed by atoms with E-state index in [1.807, 2.05) is 36.4 Å². The molecule has 3 rings (SSSR count). The Morgan fingerprint density at radius 3 is 2.36 bits per heavy atom. The van der Waals surface area contributed by atoms with Gasteiger partial charge in [-0.3, -0.25) is 0 Å². The number of amides is 1. The number of nitrogens with zero attached hydrogens (tertiary/aromatic N) is 2. The molecule has 2 aliphatic rings. The molecule has 0 aromatic heterocycles. The van der Waals surface area contributed by atoms with Gasteiger partial charge in [-0.05, 0) is 45.0 Å². The van der Waals surface area contributed by atoms with Gasteiger partial charge in [0.1, 0.15) is 5.60 Å². The van der Waals surface area contributed by atoms with Crippen molar-refractivity contribution in [2.24, 2.45) is 4.99 Å². The van der Waals surface area contributed by atoms with Gasteiger partial charge < -0.3 is 9.94 Å². The summed E-state index contributed by atoms with van der Waals surface area (Å²) in [6.45, 7) is 5.37. The van der Waals surface area contributed by atoms with Crippen molar-refractivity contribution in [3.05, 3.63) is 66.0 Å². The minimum absolute atomic E-state index is 0.453. The average Bonchev–Trinajstić information content (AvgIpc) is 2.55. The Kier molecular flexibility index (Phi) is 4.31. The molecule has 1 aliphatic heterocycles. The molecule has 0 unspecified atom stereocenters. The summed E-state index contributed by atoms with van der Waals surface area (Å²) in [7, 11) is 0. The lowest BCUT2D eigenvalue weighted by Crippen LogP contribution is -2.23. The van der Waals surface area contributed by atoms with Crippen molar-refractivity contribution in [1.82, 2.24) is 4.73 Å². The van der Waals surface area contributed by atoms with Crippen LogP contribution in [0.3, 0.4) is 0 Å². The van der Waals surface area contributed by atoms with Crippen LogP contribution in [0.1, 0.15) is 20.8 Å². The fraction of sp³-hybridized carbons (Fsp3) is 0.200. The van der Waals surface area contributed by atoms with Gasteiger partial charge in [0, 0.05) is 11.1 Å². The van der Waals surface area contributed by atoms with Crippen LogP contribution >= 0.6 is 0 Å². The van der Waals surface area contributed by atoms with E-state index >= 15 is 0 Å². The van der Waals surface area contributed by atoms with E-state index in [9.17, 15) is 10.0 Å². The summed E-state index contributed by atoms with van der Waals surface area (Å²) in [5.41, 5.74) is 2.16. The molecule has 0 spiro atoms. The lowest BCUT2D eigenvalue weighted by molar-refractivity contribution is 0.0597. The van der Waals surface area contributed by atoms with E-state index in [0.29, 0.717) is 22.3 Å². The smallest absolute Gasteiger partial charge is 0.434 e. The van der Waals surface area contributed by atoms with Crippen molar-refractivity contribution >= 4 is 6.09 Å². The molecule has 1 N–H and O–H groups in total. The number of hydrogen-bond acceptors (Lipinski definition) is 3. The molecule has 5 nitrogen and oxygen atoms in total. The molecule has 5 heteroatoms. The van der Waals surface area contributed by atoms with Crippen molar-refractivity contribution in [2.75, 3.05) is 0 Å². The summed E-state index contributed by atoms with van der Waals surface area (Å²) >= 11 is 0. The van der Waals surface area contributed by atoms with Crippen LogP contribution in [0.25, 0.3) is 22.5 Å². The van der Waals surface area contributed by atoms with E-state index in [0.717, 1.165) is 10.3 Å². The highest BCUT2D eigenvalue weighted by Gasteiger charge is 2.17. The van der Waals surface area contributed by atoms with Crippen molar-refractivity contribution < 1.29 is 14.7 Å². The van der Waals surface area contributed by atoms with Gasteiger partial charge in [0.25, 0.3) is 0 Å². The van der Waals surface area contributed by atoms with Crippen LogP contribution in [0.4, 0.5) is 4.79 Å².